The number of esters is 1. The second kappa shape index (κ2) is 10.5. The van der Waals surface area contributed by atoms with Crippen LogP contribution < -0.4 is 0 Å². The minimum absolute atomic E-state index is 0.0387. The van der Waals surface area contributed by atoms with Crippen LogP contribution in [0, 0.1) is 6.92 Å². The third-order valence-corrected chi connectivity index (χ3v) is 6.27. The zero-order chi connectivity index (χ0) is 26.7. The largest absolute Gasteiger partial charge is 0.506 e. The first kappa shape index (κ1) is 26.0. The van der Waals surface area contributed by atoms with E-state index < -0.39 is 29.4 Å². The van der Waals surface area contributed by atoms with Crippen LogP contribution in [0.3, 0.4) is 0 Å². The molecule has 0 saturated heterocycles. The number of aliphatic imine (C=N–C) groups is 1. The molecule has 10 heteroatoms. The van der Waals surface area contributed by atoms with Crippen LogP contribution in [0.1, 0.15) is 34.2 Å². The average molecular weight is 528 g/mol. The van der Waals surface area contributed by atoms with Gasteiger partial charge in [-0.05, 0) is 56.3 Å². The summed E-state index contributed by atoms with van der Waals surface area (Å²) >= 11 is 0.870. The molecule has 0 fully saturated rings. The minimum Gasteiger partial charge on any atom is -0.506 e. The third-order valence-electron chi connectivity index (χ3n) is 5.25. The molecule has 2 heterocycles. The van der Waals surface area contributed by atoms with Gasteiger partial charge in [-0.1, -0.05) is 41.6 Å². The molecule has 1 aromatic heterocycles. The first-order valence-corrected chi connectivity index (χ1v) is 11.9. The lowest BCUT2D eigenvalue weighted by Gasteiger charge is -2.07. The quantitative estimate of drug-likeness (QED) is 0.360. The normalized spacial score (nSPS) is 16.0. The number of carbonyl (C=O) groups excluding carboxylic acids is 2. The van der Waals surface area contributed by atoms with Gasteiger partial charge in [-0.25, -0.2) is 9.79 Å². The second-order valence-electron chi connectivity index (χ2n) is 7.92. The average Bonchev–Trinajstić information content (AvgIpc) is 3.44. The number of hydrogen-bond acceptors (Lipinski definition) is 6. The molecular weight excluding hydrogens is 507 g/mol. The number of aryl methyl sites for hydroxylation is 1. The number of amides is 1. The van der Waals surface area contributed by atoms with Gasteiger partial charge >= 0.3 is 12.1 Å². The van der Waals surface area contributed by atoms with Crippen LogP contribution in [0.15, 0.2) is 86.3 Å². The van der Waals surface area contributed by atoms with Crippen molar-refractivity contribution < 1.29 is 37.0 Å². The van der Waals surface area contributed by atoms with Crippen LogP contribution in [-0.2, 0) is 15.7 Å². The van der Waals surface area contributed by atoms with Crippen molar-refractivity contribution in [1.82, 2.24) is 0 Å². The van der Waals surface area contributed by atoms with Gasteiger partial charge in [-0.2, -0.15) is 13.2 Å². The molecule has 0 bridgehead atoms. The highest BCUT2D eigenvalue weighted by Gasteiger charge is 2.34. The Morgan fingerprint density at radius 2 is 1.84 bits per heavy atom. The molecule has 1 amide bonds. The number of alkyl halides is 3. The predicted molar refractivity (Wildman–Crippen MR) is 134 cm³/mol. The van der Waals surface area contributed by atoms with Crippen molar-refractivity contribution in [2.24, 2.45) is 4.99 Å². The highest BCUT2D eigenvalue weighted by molar-refractivity contribution is 8.18. The molecule has 6 nitrogen and oxygen atoms in total. The minimum atomic E-state index is -4.50. The van der Waals surface area contributed by atoms with E-state index in [1.54, 1.807) is 31.2 Å². The van der Waals surface area contributed by atoms with E-state index in [2.05, 4.69) is 4.99 Å². The Balaban J connectivity index is 1.67. The Morgan fingerprint density at radius 3 is 2.51 bits per heavy atom. The molecule has 0 atom stereocenters. The Bertz CT molecular complexity index is 1450. The summed E-state index contributed by atoms with van der Waals surface area (Å²) < 4.78 is 49.9. The monoisotopic (exact) mass is 527 g/mol. The fourth-order valence-electron chi connectivity index (χ4n) is 3.41. The maximum Gasteiger partial charge on any atom is 0.416 e. The van der Waals surface area contributed by atoms with Gasteiger partial charge in [-0.3, -0.25) is 4.79 Å². The number of carbonyl (C=O) groups is 2. The molecule has 0 unspecified atom stereocenters. The molecule has 190 valence electrons. The van der Waals surface area contributed by atoms with E-state index in [0.717, 1.165) is 29.5 Å². The summed E-state index contributed by atoms with van der Waals surface area (Å²) in [6, 6.07) is 14.4. The van der Waals surface area contributed by atoms with Crippen LogP contribution >= 0.6 is 11.8 Å². The van der Waals surface area contributed by atoms with E-state index in [-0.39, 0.29) is 39.2 Å². The Kier molecular flexibility index (Phi) is 7.40. The van der Waals surface area contributed by atoms with Gasteiger partial charge in [0.15, 0.2) is 0 Å². The number of benzene rings is 2. The van der Waals surface area contributed by atoms with E-state index in [4.69, 9.17) is 9.15 Å². The number of ether oxygens (including phenoxy) is 1. The summed E-state index contributed by atoms with van der Waals surface area (Å²) in [5, 5.41) is 10.7. The molecule has 2 aromatic carbocycles. The lowest BCUT2D eigenvalue weighted by Crippen LogP contribution is -2.14. The molecule has 37 heavy (non-hydrogen) atoms. The van der Waals surface area contributed by atoms with E-state index in [1.165, 1.54) is 30.3 Å². The van der Waals surface area contributed by atoms with Crippen molar-refractivity contribution in [3.8, 4) is 11.3 Å². The first-order chi connectivity index (χ1) is 17.6. The third kappa shape index (κ3) is 5.86. The number of rotatable bonds is 5. The first-order valence-electron chi connectivity index (χ1n) is 11.0. The number of nitrogens with zero attached hydrogens (tertiary/aromatic N) is 1. The molecule has 1 aliphatic rings. The topological polar surface area (TPSA) is 89.1 Å². The molecule has 0 spiro atoms. The number of hydrogen-bond donors (Lipinski definition) is 1. The van der Waals surface area contributed by atoms with Gasteiger partial charge < -0.3 is 14.3 Å². The standard InChI is InChI=1S/C27H20F3NO5S/c1-3-35-26(34)22-23(32)21(37-25(22)31-24(33)16-9-7-15(2)8-10-16)14-19-11-12-20(36-19)17-5-4-6-18(13-17)27(28,29)30/h4-14,32H,3H2,1-2H3. The van der Waals surface area contributed by atoms with Crippen molar-refractivity contribution >= 4 is 34.8 Å². The van der Waals surface area contributed by atoms with Crippen LogP contribution in [0.2, 0.25) is 0 Å². The molecule has 0 saturated carbocycles. The van der Waals surface area contributed by atoms with Crippen molar-refractivity contribution in [3.05, 3.63) is 99.4 Å². The lowest BCUT2D eigenvalue weighted by atomic mass is 10.1. The Hall–Kier alpha value is -4.05. The molecule has 1 aliphatic heterocycles. The van der Waals surface area contributed by atoms with Gasteiger partial charge in [0.2, 0.25) is 0 Å². The maximum atomic E-state index is 13.1. The molecule has 1 N–H and O–H groups in total. The van der Waals surface area contributed by atoms with Crippen molar-refractivity contribution in [2.45, 2.75) is 20.0 Å². The van der Waals surface area contributed by atoms with Crippen LogP contribution in [-0.4, -0.2) is 28.6 Å². The van der Waals surface area contributed by atoms with Crippen LogP contribution in [0.5, 0.6) is 0 Å². The zero-order valence-corrected chi connectivity index (χ0v) is 20.4. The lowest BCUT2D eigenvalue weighted by molar-refractivity contribution is -0.138. The van der Waals surface area contributed by atoms with E-state index in [0.29, 0.717) is 5.56 Å². The summed E-state index contributed by atoms with van der Waals surface area (Å²) in [5.74, 6) is -1.52. The van der Waals surface area contributed by atoms with Crippen molar-refractivity contribution in [2.75, 3.05) is 6.61 Å². The number of thioether (sulfide) groups is 1. The SMILES string of the molecule is CCOC(=O)C1=C(O)C(=Cc2ccc(-c3cccc(C(F)(F)F)c3)o2)SC1=NC(=O)c1ccc(C)cc1. The summed E-state index contributed by atoms with van der Waals surface area (Å²) in [6.45, 7) is 3.51. The van der Waals surface area contributed by atoms with Gasteiger partial charge in [0, 0.05) is 11.1 Å². The van der Waals surface area contributed by atoms with Gasteiger partial charge in [0.25, 0.3) is 5.91 Å². The number of furan rings is 1. The maximum absolute atomic E-state index is 13.1. The highest BCUT2D eigenvalue weighted by atomic mass is 32.2. The fourth-order valence-corrected chi connectivity index (χ4v) is 4.40. The summed E-state index contributed by atoms with van der Waals surface area (Å²) in [5.41, 5.74) is 0.402. The number of aliphatic hydroxyl groups is 1. The summed E-state index contributed by atoms with van der Waals surface area (Å²) in [6.07, 6.45) is -3.10. The highest BCUT2D eigenvalue weighted by Crippen LogP contribution is 2.40. The molecule has 4 rings (SSSR count). The van der Waals surface area contributed by atoms with E-state index >= 15 is 0 Å². The second-order valence-corrected chi connectivity index (χ2v) is 8.95. The number of halogens is 3. The molecule has 0 radical (unpaired) electrons. The predicted octanol–water partition coefficient (Wildman–Crippen LogP) is 6.98. The van der Waals surface area contributed by atoms with E-state index in [1.807, 2.05) is 6.92 Å². The Morgan fingerprint density at radius 1 is 1.11 bits per heavy atom. The summed E-state index contributed by atoms with van der Waals surface area (Å²) in [4.78, 5) is 29.4. The fraction of sp³-hybridized carbons (Fsp3) is 0.148. The zero-order valence-electron chi connectivity index (χ0n) is 19.6. The van der Waals surface area contributed by atoms with Crippen LogP contribution in [0.25, 0.3) is 17.4 Å². The van der Waals surface area contributed by atoms with Gasteiger partial charge in [-0.15, -0.1) is 0 Å². The smallest absolute Gasteiger partial charge is 0.416 e. The van der Waals surface area contributed by atoms with Gasteiger partial charge in [0.05, 0.1) is 17.1 Å². The molecule has 3 aromatic rings. The van der Waals surface area contributed by atoms with Crippen molar-refractivity contribution in [1.29, 1.82) is 0 Å². The summed E-state index contributed by atoms with van der Waals surface area (Å²) in [7, 11) is 0. The molecule has 0 aliphatic carbocycles. The Labute approximate surface area is 214 Å². The molecular formula is C27H20F3NO5S. The van der Waals surface area contributed by atoms with Gasteiger partial charge in [0.1, 0.15) is 27.9 Å². The number of aliphatic hydroxyl groups excluding tert-OH is 1. The van der Waals surface area contributed by atoms with Crippen molar-refractivity contribution in [3.63, 3.8) is 0 Å². The van der Waals surface area contributed by atoms with E-state index in [9.17, 15) is 27.9 Å². The van der Waals surface area contributed by atoms with Crippen LogP contribution in [0.4, 0.5) is 13.2 Å².